The van der Waals surface area contributed by atoms with Gasteiger partial charge in [0.2, 0.25) is 0 Å². The molecule has 0 amide bonds. The zero-order valence-corrected chi connectivity index (χ0v) is 8.43. The van der Waals surface area contributed by atoms with Crippen LogP contribution in [0.4, 0.5) is 0 Å². The highest BCUT2D eigenvalue weighted by Gasteiger charge is 1.97. The Morgan fingerprint density at radius 3 is 2.50 bits per heavy atom. The molecule has 1 atom stereocenters. The normalized spacial score (nSPS) is 13.2. The van der Waals surface area contributed by atoms with Crippen molar-refractivity contribution in [2.75, 3.05) is 34.0 Å². The highest BCUT2D eigenvalue weighted by Crippen LogP contribution is 1.89. The van der Waals surface area contributed by atoms with Crippen LogP contribution in [0.2, 0.25) is 0 Å². The number of hydrogen-bond acceptors (Lipinski definition) is 3. The zero-order chi connectivity index (χ0) is 9.23. The summed E-state index contributed by atoms with van der Waals surface area (Å²) >= 11 is 0. The lowest BCUT2D eigenvalue weighted by atomic mass is 10.3. The van der Waals surface area contributed by atoms with E-state index in [1.54, 1.807) is 14.2 Å². The van der Waals surface area contributed by atoms with Crippen LogP contribution in [-0.4, -0.2) is 40.0 Å². The summed E-state index contributed by atoms with van der Waals surface area (Å²) in [4.78, 5) is 0. The molecule has 74 valence electrons. The van der Waals surface area contributed by atoms with E-state index in [2.05, 4.69) is 12.2 Å². The van der Waals surface area contributed by atoms with E-state index in [9.17, 15) is 0 Å². The van der Waals surface area contributed by atoms with Gasteiger partial charge in [-0.3, -0.25) is 0 Å². The lowest BCUT2D eigenvalue weighted by Crippen LogP contribution is -2.30. The summed E-state index contributed by atoms with van der Waals surface area (Å²) in [6.07, 6.45) is 2.30. The number of rotatable bonds is 8. The fraction of sp³-hybridized carbons (Fsp3) is 1.00. The molecular weight excluding hydrogens is 154 g/mol. The molecule has 0 aromatic heterocycles. The zero-order valence-electron chi connectivity index (χ0n) is 8.43. The van der Waals surface area contributed by atoms with E-state index >= 15 is 0 Å². The average molecular weight is 175 g/mol. The molecule has 1 unspecified atom stereocenters. The maximum atomic E-state index is 4.99. The predicted molar refractivity (Wildman–Crippen MR) is 50.5 cm³/mol. The van der Waals surface area contributed by atoms with Crippen molar-refractivity contribution >= 4 is 0 Å². The summed E-state index contributed by atoms with van der Waals surface area (Å²) in [5.41, 5.74) is 0. The van der Waals surface area contributed by atoms with Gasteiger partial charge < -0.3 is 14.8 Å². The summed E-state index contributed by atoms with van der Waals surface area (Å²) in [5.74, 6) is 0. The van der Waals surface area contributed by atoms with Crippen molar-refractivity contribution < 1.29 is 9.47 Å². The summed E-state index contributed by atoms with van der Waals surface area (Å²) in [5, 5.41) is 3.36. The van der Waals surface area contributed by atoms with Gasteiger partial charge in [0.05, 0.1) is 6.61 Å². The van der Waals surface area contributed by atoms with Gasteiger partial charge >= 0.3 is 0 Å². The molecule has 0 saturated carbocycles. The maximum absolute atomic E-state index is 4.99. The molecule has 0 bridgehead atoms. The Kier molecular flexibility index (Phi) is 8.88. The molecule has 12 heavy (non-hydrogen) atoms. The maximum Gasteiger partial charge on any atom is 0.0613 e. The fourth-order valence-corrected chi connectivity index (χ4v) is 1.03. The SMILES string of the molecule is COCCCCNC(C)COC. The van der Waals surface area contributed by atoms with Gasteiger partial charge in [0, 0.05) is 26.9 Å². The molecule has 0 aromatic carbocycles. The van der Waals surface area contributed by atoms with E-state index in [4.69, 9.17) is 9.47 Å². The van der Waals surface area contributed by atoms with Gasteiger partial charge in [-0.2, -0.15) is 0 Å². The molecule has 3 heteroatoms. The second-order valence-electron chi connectivity index (χ2n) is 3.01. The molecule has 0 radical (unpaired) electrons. The van der Waals surface area contributed by atoms with Crippen LogP contribution < -0.4 is 5.32 Å². The molecule has 3 nitrogen and oxygen atoms in total. The second kappa shape index (κ2) is 8.97. The number of hydrogen-bond donors (Lipinski definition) is 1. The van der Waals surface area contributed by atoms with Crippen molar-refractivity contribution in [3.05, 3.63) is 0 Å². The first-order valence-electron chi connectivity index (χ1n) is 4.52. The van der Waals surface area contributed by atoms with E-state index < -0.39 is 0 Å². The Morgan fingerprint density at radius 2 is 1.92 bits per heavy atom. The van der Waals surface area contributed by atoms with Crippen LogP contribution in [0, 0.1) is 0 Å². The van der Waals surface area contributed by atoms with Crippen LogP contribution in [0.25, 0.3) is 0 Å². The molecule has 0 fully saturated rings. The largest absolute Gasteiger partial charge is 0.385 e. The first-order chi connectivity index (χ1) is 5.81. The number of ether oxygens (including phenoxy) is 2. The van der Waals surface area contributed by atoms with E-state index in [-0.39, 0.29) is 0 Å². The summed E-state index contributed by atoms with van der Waals surface area (Å²) < 4.78 is 9.94. The molecule has 0 aliphatic heterocycles. The number of nitrogens with one attached hydrogen (secondary N) is 1. The van der Waals surface area contributed by atoms with Gasteiger partial charge in [-0.25, -0.2) is 0 Å². The van der Waals surface area contributed by atoms with E-state index in [1.165, 1.54) is 6.42 Å². The predicted octanol–water partition coefficient (Wildman–Crippen LogP) is 1.04. The minimum atomic E-state index is 0.456. The van der Waals surface area contributed by atoms with Gasteiger partial charge in [0.1, 0.15) is 0 Å². The van der Waals surface area contributed by atoms with E-state index in [1.807, 2.05) is 0 Å². The van der Waals surface area contributed by atoms with Gasteiger partial charge in [-0.1, -0.05) is 0 Å². The highest BCUT2D eigenvalue weighted by molar-refractivity contribution is 4.58. The molecule has 0 heterocycles. The van der Waals surface area contributed by atoms with Crippen LogP contribution in [0.5, 0.6) is 0 Å². The van der Waals surface area contributed by atoms with E-state index in [0.29, 0.717) is 6.04 Å². The third-order valence-electron chi connectivity index (χ3n) is 1.68. The summed E-state index contributed by atoms with van der Waals surface area (Å²) in [7, 11) is 3.46. The van der Waals surface area contributed by atoms with Crippen molar-refractivity contribution in [1.29, 1.82) is 0 Å². The third kappa shape index (κ3) is 7.98. The molecular formula is C9H21NO2. The Balaban J connectivity index is 2.97. The summed E-state index contributed by atoms with van der Waals surface area (Å²) in [6.45, 7) is 4.82. The van der Waals surface area contributed by atoms with Gasteiger partial charge in [-0.05, 0) is 26.3 Å². The van der Waals surface area contributed by atoms with Crippen molar-refractivity contribution in [2.24, 2.45) is 0 Å². The Labute approximate surface area is 75.4 Å². The average Bonchev–Trinajstić information content (AvgIpc) is 2.05. The molecule has 0 spiro atoms. The van der Waals surface area contributed by atoms with Gasteiger partial charge in [0.25, 0.3) is 0 Å². The molecule has 0 aliphatic rings. The van der Waals surface area contributed by atoms with Crippen LogP contribution in [-0.2, 0) is 9.47 Å². The van der Waals surface area contributed by atoms with Gasteiger partial charge in [-0.15, -0.1) is 0 Å². The lowest BCUT2D eigenvalue weighted by Gasteiger charge is -2.11. The van der Waals surface area contributed by atoms with Crippen molar-refractivity contribution in [1.82, 2.24) is 5.32 Å². The van der Waals surface area contributed by atoms with Crippen LogP contribution in [0.3, 0.4) is 0 Å². The van der Waals surface area contributed by atoms with Crippen LogP contribution in [0.1, 0.15) is 19.8 Å². The van der Waals surface area contributed by atoms with Crippen LogP contribution in [0.15, 0.2) is 0 Å². The Bertz CT molecular complexity index is 88.6. The second-order valence-corrected chi connectivity index (χ2v) is 3.01. The van der Waals surface area contributed by atoms with Crippen molar-refractivity contribution in [3.8, 4) is 0 Å². The molecule has 0 saturated heterocycles. The van der Waals surface area contributed by atoms with Crippen molar-refractivity contribution in [2.45, 2.75) is 25.8 Å². The first kappa shape index (κ1) is 11.9. The minimum Gasteiger partial charge on any atom is -0.385 e. The first-order valence-corrected chi connectivity index (χ1v) is 4.52. The van der Waals surface area contributed by atoms with Crippen molar-refractivity contribution in [3.63, 3.8) is 0 Å². The summed E-state index contributed by atoms with van der Waals surface area (Å²) in [6, 6.07) is 0.456. The fourth-order valence-electron chi connectivity index (χ4n) is 1.03. The topological polar surface area (TPSA) is 30.5 Å². The molecule has 0 aromatic rings. The highest BCUT2D eigenvalue weighted by atomic mass is 16.5. The molecule has 0 rings (SSSR count). The number of unbranched alkanes of at least 4 members (excludes halogenated alkanes) is 1. The van der Waals surface area contributed by atoms with Crippen LogP contribution >= 0.6 is 0 Å². The molecule has 1 N–H and O–H groups in total. The van der Waals surface area contributed by atoms with Gasteiger partial charge in [0.15, 0.2) is 0 Å². The quantitative estimate of drug-likeness (QED) is 0.559. The molecule has 0 aliphatic carbocycles. The standard InChI is InChI=1S/C9H21NO2/c1-9(8-12-3)10-6-4-5-7-11-2/h9-10H,4-8H2,1-3H3. The smallest absolute Gasteiger partial charge is 0.0613 e. The Morgan fingerprint density at radius 1 is 1.17 bits per heavy atom. The third-order valence-corrected chi connectivity index (χ3v) is 1.68. The Hall–Kier alpha value is -0.120. The lowest BCUT2D eigenvalue weighted by molar-refractivity contribution is 0.169. The monoisotopic (exact) mass is 175 g/mol. The number of methoxy groups -OCH3 is 2. The minimum absolute atomic E-state index is 0.456. The van der Waals surface area contributed by atoms with E-state index in [0.717, 1.165) is 26.2 Å².